The van der Waals surface area contributed by atoms with Crippen LogP contribution in [-0.2, 0) is 6.42 Å². The molecule has 0 spiro atoms. The monoisotopic (exact) mass is 548 g/mol. The molecule has 0 fully saturated rings. The highest BCUT2D eigenvalue weighted by Gasteiger charge is 2.24. The molecule has 0 heterocycles. The van der Waals surface area contributed by atoms with Crippen molar-refractivity contribution in [2.75, 3.05) is 0 Å². The van der Waals surface area contributed by atoms with E-state index in [0.29, 0.717) is 0 Å². The van der Waals surface area contributed by atoms with E-state index in [-0.39, 0.29) is 5.92 Å². The van der Waals surface area contributed by atoms with Crippen molar-refractivity contribution in [2.24, 2.45) is 0 Å². The Morgan fingerprint density at radius 1 is 0.512 bits per heavy atom. The van der Waals surface area contributed by atoms with Gasteiger partial charge in [-0.3, -0.25) is 0 Å². The van der Waals surface area contributed by atoms with Gasteiger partial charge in [0.1, 0.15) is 7.85 Å². The lowest BCUT2D eigenvalue weighted by molar-refractivity contribution is 1.12. The zero-order chi connectivity index (χ0) is 29.4. The Hall–Kier alpha value is -5.32. The Bertz CT molecular complexity index is 1890. The first-order valence-electron chi connectivity index (χ1n) is 14.8. The lowest BCUT2D eigenvalue weighted by Crippen LogP contribution is -2.08. The second-order valence-electron chi connectivity index (χ2n) is 10.9. The van der Waals surface area contributed by atoms with Crippen LogP contribution >= 0.6 is 0 Å². The summed E-state index contributed by atoms with van der Waals surface area (Å²) in [5.74, 6) is 3.02. The van der Waals surface area contributed by atoms with Gasteiger partial charge in [-0.05, 0) is 62.1 Å². The third kappa shape index (κ3) is 6.01. The molecule has 0 aliphatic rings. The molecule has 0 bridgehead atoms. The standard InChI is InChI=1S/C42H33B/c1-2-35(39-28-16-14-26-37(39)32-20-8-4-9-21-32)42(40-29-17-15-27-38(40)33-22-10-5-11-23-33)41(43)30-34-24-12-13-25-36(34)31-18-6-3-7-19-31/h1,3-29,35H,30,43H2/b42-41-. The molecule has 1 heteroatoms. The van der Waals surface area contributed by atoms with Crippen molar-refractivity contribution < 1.29 is 0 Å². The Kier molecular flexibility index (Phi) is 8.49. The average Bonchev–Trinajstić information content (AvgIpc) is 3.08. The van der Waals surface area contributed by atoms with Gasteiger partial charge in [-0.15, -0.1) is 11.9 Å². The van der Waals surface area contributed by atoms with Gasteiger partial charge in [-0.2, -0.15) is 0 Å². The van der Waals surface area contributed by atoms with E-state index >= 15 is 0 Å². The first kappa shape index (κ1) is 27.8. The average molecular weight is 549 g/mol. The minimum Gasteiger partial charge on any atom is -0.119 e. The highest BCUT2D eigenvalue weighted by molar-refractivity contribution is 6.26. The smallest absolute Gasteiger partial charge is 0.119 e. The maximum absolute atomic E-state index is 6.55. The third-order valence-electron chi connectivity index (χ3n) is 8.13. The van der Waals surface area contributed by atoms with Crippen LogP contribution in [0.15, 0.2) is 169 Å². The van der Waals surface area contributed by atoms with Crippen molar-refractivity contribution in [3.8, 4) is 45.7 Å². The molecule has 0 aromatic heterocycles. The minimum atomic E-state index is -0.245. The number of hydrogen-bond donors (Lipinski definition) is 0. The van der Waals surface area contributed by atoms with Gasteiger partial charge in [0.25, 0.3) is 0 Å². The van der Waals surface area contributed by atoms with E-state index in [1.807, 2.05) is 0 Å². The molecule has 0 aliphatic heterocycles. The topological polar surface area (TPSA) is 0 Å². The summed E-state index contributed by atoms with van der Waals surface area (Å²) >= 11 is 0. The van der Waals surface area contributed by atoms with Crippen LogP contribution in [0.25, 0.3) is 39.0 Å². The Balaban J connectivity index is 1.58. The molecule has 1 atom stereocenters. The highest BCUT2D eigenvalue weighted by Crippen LogP contribution is 2.42. The Labute approximate surface area is 256 Å². The van der Waals surface area contributed by atoms with Crippen molar-refractivity contribution >= 4 is 13.4 Å². The van der Waals surface area contributed by atoms with Crippen LogP contribution in [-0.4, -0.2) is 7.85 Å². The fourth-order valence-corrected chi connectivity index (χ4v) is 6.13. The number of terminal acetylenes is 1. The lowest BCUT2D eigenvalue weighted by atomic mass is 9.72. The molecule has 43 heavy (non-hydrogen) atoms. The van der Waals surface area contributed by atoms with Crippen LogP contribution in [0.3, 0.4) is 0 Å². The van der Waals surface area contributed by atoms with Gasteiger partial charge in [0.2, 0.25) is 0 Å². The molecule has 0 amide bonds. The van der Waals surface area contributed by atoms with Gasteiger partial charge in [0.05, 0.1) is 5.92 Å². The second-order valence-corrected chi connectivity index (χ2v) is 10.9. The minimum absolute atomic E-state index is 0.245. The first-order chi connectivity index (χ1) is 21.2. The second kappa shape index (κ2) is 13.1. The normalized spacial score (nSPS) is 12.2. The van der Waals surface area contributed by atoms with E-state index in [1.54, 1.807) is 0 Å². The summed E-state index contributed by atoms with van der Waals surface area (Å²) in [6.07, 6.45) is 7.33. The molecule has 1 unspecified atom stereocenters. The summed E-state index contributed by atoms with van der Waals surface area (Å²) in [5.41, 5.74) is 13.2. The third-order valence-corrected chi connectivity index (χ3v) is 8.13. The van der Waals surface area contributed by atoms with Gasteiger partial charge in [0.15, 0.2) is 0 Å². The molecule has 6 rings (SSSR count). The van der Waals surface area contributed by atoms with Gasteiger partial charge in [0, 0.05) is 0 Å². The molecule has 0 saturated heterocycles. The summed E-state index contributed by atoms with van der Waals surface area (Å²) in [6.45, 7) is 0. The van der Waals surface area contributed by atoms with Crippen molar-refractivity contribution in [1.29, 1.82) is 0 Å². The first-order valence-corrected chi connectivity index (χ1v) is 14.8. The zero-order valence-electron chi connectivity index (χ0n) is 24.5. The van der Waals surface area contributed by atoms with E-state index in [9.17, 15) is 0 Å². The number of rotatable bonds is 8. The van der Waals surface area contributed by atoms with E-state index in [1.165, 1.54) is 55.6 Å². The summed E-state index contributed by atoms with van der Waals surface area (Å²) in [4.78, 5) is 0. The van der Waals surface area contributed by atoms with Crippen molar-refractivity contribution in [2.45, 2.75) is 12.3 Å². The highest BCUT2D eigenvalue weighted by atomic mass is 14.3. The maximum Gasteiger partial charge on any atom is 0.134 e. The largest absolute Gasteiger partial charge is 0.134 e. The van der Waals surface area contributed by atoms with Crippen LogP contribution < -0.4 is 0 Å². The van der Waals surface area contributed by atoms with Crippen LogP contribution in [0.5, 0.6) is 0 Å². The van der Waals surface area contributed by atoms with E-state index in [4.69, 9.17) is 6.42 Å². The zero-order valence-corrected chi connectivity index (χ0v) is 24.5. The van der Waals surface area contributed by atoms with Crippen LogP contribution in [0, 0.1) is 12.3 Å². The fraction of sp³-hybridized carbons (Fsp3) is 0.0476. The van der Waals surface area contributed by atoms with Crippen molar-refractivity contribution in [3.63, 3.8) is 0 Å². The molecule has 6 aromatic carbocycles. The molecular weight excluding hydrogens is 515 g/mol. The molecule has 0 N–H and O–H groups in total. The predicted molar refractivity (Wildman–Crippen MR) is 186 cm³/mol. The van der Waals surface area contributed by atoms with Gasteiger partial charge in [-0.1, -0.05) is 170 Å². The number of hydrogen-bond acceptors (Lipinski definition) is 0. The van der Waals surface area contributed by atoms with Gasteiger partial charge < -0.3 is 0 Å². The van der Waals surface area contributed by atoms with E-state index < -0.39 is 0 Å². The van der Waals surface area contributed by atoms with Crippen LogP contribution in [0.1, 0.15) is 22.6 Å². The van der Waals surface area contributed by atoms with E-state index in [0.717, 1.165) is 12.0 Å². The predicted octanol–water partition coefficient (Wildman–Crippen LogP) is 9.69. The molecule has 0 saturated carbocycles. The molecule has 6 aromatic rings. The maximum atomic E-state index is 6.55. The summed E-state index contributed by atoms with van der Waals surface area (Å²) in [7, 11) is 2.26. The summed E-state index contributed by atoms with van der Waals surface area (Å²) < 4.78 is 0. The van der Waals surface area contributed by atoms with Crippen molar-refractivity contribution in [1.82, 2.24) is 0 Å². The molecule has 0 aliphatic carbocycles. The lowest BCUT2D eigenvalue weighted by Gasteiger charge is -2.25. The Morgan fingerprint density at radius 2 is 0.953 bits per heavy atom. The van der Waals surface area contributed by atoms with Crippen LogP contribution in [0.4, 0.5) is 0 Å². The summed E-state index contributed by atoms with van der Waals surface area (Å²) in [5, 5.41) is 0. The Morgan fingerprint density at radius 3 is 1.56 bits per heavy atom. The number of benzene rings is 6. The van der Waals surface area contributed by atoms with Crippen molar-refractivity contribution in [3.05, 3.63) is 186 Å². The van der Waals surface area contributed by atoms with Gasteiger partial charge >= 0.3 is 0 Å². The van der Waals surface area contributed by atoms with Crippen LogP contribution in [0.2, 0.25) is 0 Å². The number of allylic oxidation sites excluding steroid dienone is 2. The van der Waals surface area contributed by atoms with E-state index in [2.05, 4.69) is 178 Å². The molecule has 0 radical (unpaired) electrons. The SMILES string of the molecule is B/C(Cc1ccccc1-c1ccccc1)=C(\c1ccccc1-c1ccccc1)C(C#C)c1ccccc1-c1ccccc1. The molecule has 0 nitrogen and oxygen atoms in total. The molecule has 204 valence electrons. The van der Waals surface area contributed by atoms with Gasteiger partial charge in [-0.25, -0.2) is 0 Å². The molecular formula is C42H33B. The summed E-state index contributed by atoms with van der Waals surface area (Å²) in [6, 6.07) is 57.8. The quantitative estimate of drug-likeness (QED) is 0.131. The fourth-order valence-electron chi connectivity index (χ4n) is 6.13.